The lowest BCUT2D eigenvalue weighted by atomic mass is 10.1. The summed E-state index contributed by atoms with van der Waals surface area (Å²) in [5.74, 6) is 0.204. The molecule has 4 nitrogen and oxygen atoms in total. The van der Waals surface area contributed by atoms with Gasteiger partial charge in [-0.1, -0.05) is 29.4 Å². The molecule has 0 aliphatic heterocycles. The molecule has 0 aliphatic rings. The monoisotopic (exact) mass is 185 g/mol. The van der Waals surface area contributed by atoms with Crippen LogP contribution in [0.15, 0.2) is 41.5 Å². The molecule has 0 saturated carbocycles. The summed E-state index contributed by atoms with van der Waals surface area (Å²) in [4.78, 5) is 2.74. The van der Waals surface area contributed by atoms with Crippen LogP contribution in [0.1, 0.15) is 0 Å². The van der Waals surface area contributed by atoms with Gasteiger partial charge in [0.05, 0.1) is 0 Å². The molecule has 0 radical (unpaired) electrons. The van der Waals surface area contributed by atoms with Crippen LogP contribution in [0.5, 0.6) is 5.75 Å². The van der Waals surface area contributed by atoms with Gasteiger partial charge in [-0.3, -0.25) is 0 Å². The zero-order valence-electron chi connectivity index (χ0n) is 7.25. The van der Waals surface area contributed by atoms with Gasteiger partial charge < -0.3 is 5.11 Å². The lowest BCUT2D eigenvalue weighted by molar-refractivity contribution is 0.476. The van der Waals surface area contributed by atoms with Crippen molar-refractivity contribution in [1.82, 2.24) is 0 Å². The van der Waals surface area contributed by atoms with E-state index in [2.05, 4.69) is 10.0 Å². The van der Waals surface area contributed by atoms with Crippen molar-refractivity contribution < 1.29 is 5.11 Å². The van der Waals surface area contributed by atoms with Gasteiger partial charge in [-0.05, 0) is 28.4 Å². The van der Waals surface area contributed by atoms with Crippen molar-refractivity contribution in [1.29, 1.82) is 0 Å². The molecule has 2 aromatic rings. The van der Waals surface area contributed by atoms with E-state index in [0.717, 1.165) is 10.8 Å². The molecule has 14 heavy (non-hydrogen) atoms. The Hall–Kier alpha value is -2.19. The van der Waals surface area contributed by atoms with Gasteiger partial charge in [0.25, 0.3) is 0 Å². The van der Waals surface area contributed by atoms with Gasteiger partial charge >= 0.3 is 0 Å². The van der Waals surface area contributed by atoms with E-state index in [1.54, 1.807) is 30.3 Å². The van der Waals surface area contributed by atoms with Crippen LogP contribution in [0.25, 0.3) is 21.2 Å². The predicted molar refractivity (Wildman–Crippen MR) is 54.4 cm³/mol. The van der Waals surface area contributed by atoms with Gasteiger partial charge in [0.2, 0.25) is 0 Å². The van der Waals surface area contributed by atoms with Crippen molar-refractivity contribution >= 4 is 16.5 Å². The number of aromatic hydroxyl groups is 1. The van der Waals surface area contributed by atoms with E-state index >= 15 is 0 Å². The quantitative estimate of drug-likeness (QED) is 0.412. The number of phenolic OH excluding ortho intramolecular Hbond substituents is 1. The third kappa shape index (κ3) is 1.34. The van der Waals surface area contributed by atoms with Crippen LogP contribution in [0.3, 0.4) is 0 Å². The number of rotatable bonds is 1. The first kappa shape index (κ1) is 8.41. The molecule has 0 aromatic heterocycles. The van der Waals surface area contributed by atoms with Crippen LogP contribution in [-0.4, -0.2) is 5.11 Å². The highest BCUT2D eigenvalue weighted by molar-refractivity contribution is 5.93. The van der Waals surface area contributed by atoms with Crippen molar-refractivity contribution in [3.8, 4) is 5.75 Å². The van der Waals surface area contributed by atoms with Crippen molar-refractivity contribution in [3.05, 3.63) is 46.8 Å². The SMILES string of the molecule is [N-]=[N+]=Nc1cccc2cc(O)ccc12. The van der Waals surface area contributed by atoms with Crippen LogP contribution in [0.2, 0.25) is 0 Å². The van der Waals surface area contributed by atoms with Crippen LogP contribution in [-0.2, 0) is 0 Å². The fraction of sp³-hybridized carbons (Fsp3) is 0. The third-order valence-electron chi connectivity index (χ3n) is 1.99. The fourth-order valence-corrected chi connectivity index (χ4v) is 1.39. The van der Waals surface area contributed by atoms with Crippen LogP contribution in [0, 0.1) is 0 Å². The standard InChI is InChI=1S/C10H7N3O/c11-13-12-10-3-1-2-7-6-8(14)4-5-9(7)10/h1-6,14H. The maximum absolute atomic E-state index is 9.25. The van der Waals surface area contributed by atoms with Crippen molar-refractivity contribution in [2.45, 2.75) is 0 Å². The lowest BCUT2D eigenvalue weighted by Crippen LogP contribution is -1.72. The third-order valence-corrected chi connectivity index (χ3v) is 1.99. The summed E-state index contributed by atoms with van der Waals surface area (Å²) < 4.78 is 0. The molecule has 4 heteroatoms. The Morgan fingerprint density at radius 2 is 2.07 bits per heavy atom. The molecule has 1 N–H and O–H groups in total. The predicted octanol–water partition coefficient (Wildman–Crippen LogP) is 3.49. The van der Waals surface area contributed by atoms with E-state index in [-0.39, 0.29) is 5.75 Å². The maximum Gasteiger partial charge on any atom is 0.116 e. The second-order valence-electron chi connectivity index (χ2n) is 2.87. The number of hydrogen-bond donors (Lipinski definition) is 1. The molecule has 0 saturated heterocycles. The maximum atomic E-state index is 9.25. The zero-order valence-corrected chi connectivity index (χ0v) is 7.25. The van der Waals surface area contributed by atoms with Crippen molar-refractivity contribution in [2.24, 2.45) is 5.11 Å². The summed E-state index contributed by atoms with van der Waals surface area (Å²) >= 11 is 0. The van der Waals surface area contributed by atoms with E-state index in [1.807, 2.05) is 6.07 Å². The molecule has 0 unspecified atom stereocenters. The number of benzene rings is 2. The normalized spacial score (nSPS) is 9.71. The summed E-state index contributed by atoms with van der Waals surface area (Å²) in [6, 6.07) is 10.3. The van der Waals surface area contributed by atoms with Gasteiger partial charge in [0.1, 0.15) is 5.75 Å². The fourth-order valence-electron chi connectivity index (χ4n) is 1.39. The van der Waals surface area contributed by atoms with Gasteiger partial charge in [0.15, 0.2) is 0 Å². The molecule has 2 aromatic carbocycles. The molecule has 68 valence electrons. The van der Waals surface area contributed by atoms with E-state index in [9.17, 15) is 5.11 Å². The molecule has 0 aliphatic carbocycles. The molecular weight excluding hydrogens is 178 g/mol. The molecule has 0 amide bonds. The average Bonchev–Trinajstić information content (AvgIpc) is 2.18. The van der Waals surface area contributed by atoms with Gasteiger partial charge in [-0.2, -0.15) is 0 Å². The minimum absolute atomic E-state index is 0.204. The van der Waals surface area contributed by atoms with E-state index in [4.69, 9.17) is 5.53 Å². The topological polar surface area (TPSA) is 69.0 Å². The van der Waals surface area contributed by atoms with Gasteiger partial charge in [-0.25, -0.2) is 0 Å². The molecule has 0 fully saturated rings. The Morgan fingerprint density at radius 1 is 1.21 bits per heavy atom. The molecular formula is C10H7N3O. The highest BCUT2D eigenvalue weighted by atomic mass is 16.3. The van der Waals surface area contributed by atoms with Gasteiger partial charge in [-0.15, -0.1) is 0 Å². The van der Waals surface area contributed by atoms with E-state index in [1.165, 1.54) is 0 Å². The first-order valence-electron chi connectivity index (χ1n) is 4.08. The number of hydrogen-bond acceptors (Lipinski definition) is 2. The number of nitrogens with zero attached hydrogens (tertiary/aromatic N) is 3. The summed E-state index contributed by atoms with van der Waals surface area (Å²) in [5, 5.41) is 14.5. The average molecular weight is 185 g/mol. The molecule has 2 rings (SSSR count). The minimum Gasteiger partial charge on any atom is -0.508 e. The molecule has 0 atom stereocenters. The van der Waals surface area contributed by atoms with Crippen molar-refractivity contribution in [3.63, 3.8) is 0 Å². The Bertz CT molecular complexity index is 530. The van der Waals surface area contributed by atoms with Crippen molar-refractivity contribution in [2.75, 3.05) is 0 Å². The second kappa shape index (κ2) is 3.28. The highest BCUT2D eigenvalue weighted by Crippen LogP contribution is 2.28. The Labute approximate surface area is 80.0 Å². The summed E-state index contributed by atoms with van der Waals surface area (Å²) in [6.07, 6.45) is 0. The second-order valence-corrected chi connectivity index (χ2v) is 2.87. The summed E-state index contributed by atoms with van der Waals surface area (Å²) in [7, 11) is 0. The molecule has 0 spiro atoms. The van der Waals surface area contributed by atoms with Crippen LogP contribution < -0.4 is 0 Å². The zero-order chi connectivity index (χ0) is 9.97. The highest BCUT2D eigenvalue weighted by Gasteiger charge is 1.98. The summed E-state index contributed by atoms with van der Waals surface area (Å²) in [6.45, 7) is 0. The molecule has 0 bridgehead atoms. The summed E-state index contributed by atoms with van der Waals surface area (Å²) in [5.41, 5.74) is 8.92. The Balaban J connectivity index is 2.81. The van der Waals surface area contributed by atoms with Crippen LogP contribution in [0.4, 0.5) is 5.69 Å². The first-order valence-corrected chi connectivity index (χ1v) is 4.08. The van der Waals surface area contributed by atoms with Gasteiger partial charge in [0, 0.05) is 10.6 Å². The largest absolute Gasteiger partial charge is 0.508 e. The van der Waals surface area contributed by atoms with E-state index < -0.39 is 0 Å². The molecule has 0 heterocycles. The number of azide groups is 1. The van der Waals surface area contributed by atoms with Crippen LogP contribution >= 0.6 is 0 Å². The minimum atomic E-state index is 0.204. The van der Waals surface area contributed by atoms with E-state index in [0.29, 0.717) is 5.69 Å². The first-order chi connectivity index (χ1) is 6.81. The Kier molecular flexibility index (Phi) is 1.97. The lowest BCUT2D eigenvalue weighted by Gasteiger charge is -2.00. The smallest absolute Gasteiger partial charge is 0.116 e. The Morgan fingerprint density at radius 3 is 2.86 bits per heavy atom. The number of phenols is 1. The number of fused-ring (bicyclic) bond motifs is 1.